The molecule has 1 aliphatic rings. The molecule has 0 aromatic heterocycles. The molecule has 10 nitrogen and oxygen atoms in total. The number of benzene rings is 2. The lowest BCUT2D eigenvalue weighted by Gasteiger charge is -2.10. The van der Waals surface area contributed by atoms with Gasteiger partial charge in [-0.3, -0.25) is 15.6 Å². The highest BCUT2D eigenvalue weighted by molar-refractivity contribution is 7.89. The number of nitrogens with zero attached hydrogens (tertiary/aromatic N) is 1. The summed E-state index contributed by atoms with van der Waals surface area (Å²) in [5, 5.41) is 8.48. The number of nitrogens with one attached hydrogen (secondary N) is 4. The van der Waals surface area contributed by atoms with Crippen LogP contribution < -0.4 is 20.3 Å². The molecule has 1 saturated carbocycles. The number of nitriles is 1. The Kier molecular flexibility index (Phi) is 6.91. The molecule has 0 radical (unpaired) electrons. The number of hydrogen-bond acceptors (Lipinski definition) is 7. The van der Waals surface area contributed by atoms with E-state index in [9.17, 15) is 21.6 Å². The summed E-state index contributed by atoms with van der Waals surface area (Å²) in [6.07, 6.45) is 1.74. The van der Waals surface area contributed by atoms with Crippen molar-refractivity contribution in [3.8, 4) is 6.07 Å². The fourth-order valence-corrected chi connectivity index (χ4v) is 4.85. The van der Waals surface area contributed by atoms with Crippen molar-refractivity contribution >= 4 is 31.6 Å². The van der Waals surface area contributed by atoms with Gasteiger partial charge in [-0.15, -0.1) is 0 Å². The van der Waals surface area contributed by atoms with E-state index >= 15 is 0 Å². The topological polar surface area (TPSA) is 157 Å². The maximum absolute atomic E-state index is 12.3. The molecule has 1 amide bonds. The Bertz CT molecular complexity index is 1180. The van der Waals surface area contributed by atoms with Crippen molar-refractivity contribution in [1.29, 1.82) is 5.26 Å². The van der Waals surface area contributed by atoms with Gasteiger partial charge in [-0.25, -0.2) is 26.3 Å². The first-order chi connectivity index (χ1) is 14.7. The highest BCUT2D eigenvalue weighted by atomic mass is 32.2. The fraction of sp³-hybridized carbons (Fsp3) is 0.263. The predicted molar refractivity (Wildman–Crippen MR) is 113 cm³/mol. The summed E-state index contributed by atoms with van der Waals surface area (Å²) < 4.78 is 53.3. The molecule has 2 aromatic carbocycles. The first-order valence-electron chi connectivity index (χ1n) is 9.37. The highest BCUT2D eigenvalue weighted by Crippen LogP contribution is 2.22. The Balaban J connectivity index is 1.56. The SMILES string of the molecule is N#CCCNS(=O)(=O)c1ccc(C(=O)NNc2ccc(S(=O)(=O)NC3CC3)cc2)cc1. The molecule has 0 bridgehead atoms. The quantitative estimate of drug-likeness (QED) is 0.303. The summed E-state index contributed by atoms with van der Waals surface area (Å²) in [4.78, 5) is 12.4. The molecule has 0 saturated heterocycles. The second-order valence-electron chi connectivity index (χ2n) is 6.83. The van der Waals surface area contributed by atoms with Crippen molar-refractivity contribution in [2.75, 3.05) is 12.0 Å². The zero-order valence-electron chi connectivity index (χ0n) is 16.3. The standard InChI is InChI=1S/C19H21N5O5S2/c20-12-1-13-21-30(26,27)17-8-2-14(3-9-17)19(25)23-22-15-6-10-18(11-7-15)31(28,29)24-16-4-5-16/h2-3,6-11,16,21-22,24H,1,4-5,13H2,(H,23,25). The van der Waals surface area contributed by atoms with Gasteiger partial charge in [0.15, 0.2) is 0 Å². The first-order valence-corrected chi connectivity index (χ1v) is 12.3. The van der Waals surface area contributed by atoms with Gasteiger partial charge in [0.25, 0.3) is 5.91 Å². The maximum Gasteiger partial charge on any atom is 0.269 e. The van der Waals surface area contributed by atoms with Gasteiger partial charge >= 0.3 is 0 Å². The van der Waals surface area contributed by atoms with E-state index in [0.29, 0.717) is 5.69 Å². The van der Waals surface area contributed by atoms with Crippen molar-refractivity contribution in [2.24, 2.45) is 0 Å². The van der Waals surface area contributed by atoms with Crippen molar-refractivity contribution in [3.05, 3.63) is 54.1 Å². The summed E-state index contributed by atoms with van der Waals surface area (Å²) >= 11 is 0. The summed E-state index contributed by atoms with van der Waals surface area (Å²) in [5.41, 5.74) is 5.83. The van der Waals surface area contributed by atoms with Crippen LogP contribution in [0.1, 0.15) is 29.6 Å². The van der Waals surface area contributed by atoms with Crippen molar-refractivity contribution in [3.63, 3.8) is 0 Å². The second kappa shape index (κ2) is 9.44. The molecule has 0 aliphatic heterocycles. The molecule has 1 fully saturated rings. The first kappa shape index (κ1) is 22.7. The van der Waals surface area contributed by atoms with Gasteiger partial charge in [-0.1, -0.05) is 0 Å². The third-order valence-electron chi connectivity index (χ3n) is 4.34. The molecule has 31 heavy (non-hydrogen) atoms. The Morgan fingerprint density at radius 1 is 0.935 bits per heavy atom. The normalized spacial score (nSPS) is 13.9. The third-order valence-corrected chi connectivity index (χ3v) is 7.35. The number of carbonyl (C=O) groups excluding carboxylic acids is 1. The van der Waals surface area contributed by atoms with Crippen LogP contribution in [0, 0.1) is 11.3 Å². The average molecular weight is 464 g/mol. The molecule has 0 atom stereocenters. The van der Waals surface area contributed by atoms with Gasteiger partial charge in [-0.2, -0.15) is 5.26 Å². The van der Waals surface area contributed by atoms with Crippen molar-refractivity contribution in [2.45, 2.75) is 35.1 Å². The fourth-order valence-electron chi connectivity index (χ4n) is 2.52. The van der Waals surface area contributed by atoms with Crippen molar-refractivity contribution < 1.29 is 21.6 Å². The van der Waals surface area contributed by atoms with Crippen LogP contribution in [-0.2, 0) is 20.0 Å². The van der Waals surface area contributed by atoms with Gasteiger partial charge < -0.3 is 0 Å². The van der Waals surface area contributed by atoms with Gasteiger partial charge in [0.1, 0.15) is 0 Å². The largest absolute Gasteiger partial charge is 0.298 e. The van der Waals surface area contributed by atoms with Crippen LogP contribution in [0.2, 0.25) is 0 Å². The molecule has 2 aromatic rings. The predicted octanol–water partition coefficient (Wildman–Crippen LogP) is 1.08. The smallest absolute Gasteiger partial charge is 0.269 e. The van der Waals surface area contributed by atoms with Gasteiger partial charge in [0.05, 0.1) is 21.5 Å². The Morgan fingerprint density at radius 2 is 1.52 bits per heavy atom. The molecule has 1 aliphatic carbocycles. The molecule has 4 N–H and O–H groups in total. The molecule has 0 heterocycles. The lowest BCUT2D eigenvalue weighted by atomic mass is 10.2. The Morgan fingerprint density at radius 3 is 2.10 bits per heavy atom. The average Bonchev–Trinajstić information content (AvgIpc) is 3.56. The number of rotatable bonds is 10. The van der Waals surface area contributed by atoms with Gasteiger partial charge in [0, 0.05) is 24.6 Å². The Labute approximate surface area is 180 Å². The van der Waals surface area contributed by atoms with Crippen LogP contribution in [0.3, 0.4) is 0 Å². The summed E-state index contributed by atoms with van der Waals surface area (Å²) in [6.45, 7) is 0.00171. The number of sulfonamides is 2. The minimum absolute atomic E-state index is 0.00171. The molecule has 12 heteroatoms. The van der Waals surface area contributed by atoms with Crippen LogP contribution in [0.5, 0.6) is 0 Å². The van der Waals surface area contributed by atoms with E-state index in [0.717, 1.165) is 12.8 Å². The van der Waals surface area contributed by atoms with Gasteiger partial charge in [-0.05, 0) is 61.4 Å². The van der Waals surface area contributed by atoms with Crippen LogP contribution >= 0.6 is 0 Å². The van der Waals surface area contributed by atoms with E-state index in [-0.39, 0.29) is 34.4 Å². The summed E-state index contributed by atoms with van der Waals surface area (Å²) in [5.74, 6) is -0.506. The lowest BCUT2D eigenvalue weighted by molar-refractivity contribution is 0.0962. The van der Waals surface area contributed by atoms with Crippen LogP contribution in [0.4, 0.5) is 5.69 Å². The molecular weight excluding hydrogens is 442 g/mol. The monoisotopic (exact) mass is 463 g/mol. The molecule has 164 valence electrons. The minimum Gasteiger partial charge on any atom is -0.298 e. The van der Waals surface area contributed by atoms with Crippen LogP contribution in [-0.4, -0.2) is 35.3 Å². The lowest BCUT2D eigenvalue weighted by Crippen LogP contribution is -2.29. The number of amides is 1. The molecule has 0 spiro atoms. The Hall–Kier alpha value is -2.98. The van der Waals surface area contributed by atoms with E-state index in [2.05, 4.69) is 20.3 Å². The summed E-state index contributed by atoms with van der Waals surface area (Å²) in [6, 6.07) is 13.0. The third kappa shape index (κ3) is 6.25. The number of anilines is 1. The zero-order valence-corrected chi connectivity index (χ0v) is 18.0. The van der Waals surface area contributed by atoms with Crippen LogP contribution in [0.15, 0.2) is 58.3 Å². The van der Waals surface area contributed by atoms with E-state index in [4.69, 9.17) is 5.26 Å². The molecular formula is C19H21N5O5S2. The summed E-state index contributed by atoms with van der Waals surface area (Å²) in [7, 11) is -7.30. The maximum atomic E-state index is 12.3. The number of carbonyl (C=O) groups is 1. The number of hydrazine groups is 1. The number of hydrogen-bond donors (Lipinski definition) is 4. The highest BCUT2D eigenvalue weighted by Gasteiger charge is 2.27. The van der Waals surface area contributed by atoms with Gasteiger partial charge in [0.2, 0.25) is 20.0 Å². The zero-order chi connectivity index (χ0) is 22.5. The van der Waals surface area contributed by atoms with Crippen LogP contribution in [0.25, 0.3) is 0 Å². The van der Waals surface area contributed by atoms with E-state index in [1.54, 1.807) is 0 Å². The van der Waals surface area contributed by atoms with Crippen molar-refractivity contribution in [1.82, 2.24) is 14.9 Å². The molecule has 0 unspecified atom stereocenters. The van der Waals surface area contributed by atoms with E-state index in [1.165, 1.54) is 48.5 Å². The molecule has 3 rings (SSSR count). The van der Waals surface area contributed by atoms with E-state index < -0.39 is 26.0 Å². The minimum atomic E-state index is -3.75. The van der Waals surface area contributed by atoms with E-state index in [1.807, 2.05) is 6.07 Å². The second-order valence-corrected chi connectivity index (χ2v) is 10.3.